The number of aliphatic hydroxyl groups is 1. The first-order chi connectivity index (χ1) is 10.4. The van der Waals surface area contributed by atoms with Crippen LogP contribution in [0, 0.1) is 0 Å². The Labute approximate surface area is 124 Å². The summed E-state index contributed by atoms with van der Waals surface area (Å²) in [7, 11) is 0. The maximum Gasteiger partial charge on any atom is 0.142 e. The molecule has 1 N–H and O–H groups in total. The van der Waals surface area contributed by atoms with E-state index in [1.807, 2.05) is 60.7 Å². The molecule has 0 radical (unpaired) electrons. The molecule has 21 heavy (non-hydrogen) atoms. The highest BCUT2D eigenvalue weighted by molar-refractivity contribution is 5.62. The Bertz CT molecular complexity index is 528. The molecule has 2 rings (SSSR count). The van der Waals surface area contributed by atoms with Crippen LogP contribution in [-0.4, -0.2) is 24.0 Å². The molecule has 4 nitrogen and oxygen atoms in total. The van der Waals surface area contributed by atoms with Gasteiger partial charge in [-0.25, -0.2) is 0 Å². The summed E-state index contributed by atoms with van der Waals surface area (Å²) in [4.78, 5) is 5.18. The van der Waals surface area contributed by atoms with Crippen molar-refractivity contribution in [1.82, 2.24) is 0 Å². The topological polar surface area (TPSA) is 51.1 Å². The summed E-state index contributed by atoms with van der Waals surface area (Å²) < 4.78 is 5.55. The average molecular weight is 285 g/mol. The van der Waals surface area contributed by atoms with Crippen LogP contribution in [0.15, 0.2) is 65.8 Å². The molecule has 0 saturated heterocycles. The summed E-state index contributed by atoms with van der Waals surface area (Å²) in [6, 6.07) is 19.6. The van der Waals surface area contributed by atoms with Crippen LogP contribution in [0.3, 0.4) is 0 Å². The maximum atomic E-state index is 9.25. The van der Waals surface area contributed by atoms with Crippen LogP contribution in [0.25, 0.3) is 0 Å². The van der Waals surface area contributed by atoms with Gasteiger partial charge in [-0.15, -0.1) is 0 Å². The fourth-order valence-electron chi connectivity index (χ4n) is 1.72. The molecule has 0 aromatic heterocycles. The largest absolute Gasteiger partial charge is 0.393 e. The van der Waals surface area contributed by atoms with E-state index in [2.05, 4.69) is 5.16 Å². The van der Waals surface area contributed by atoms with Crippen LogP contribution < -0.4 is 0 Å². The number of hydrogen-bond donors (Lipinski definition) is 1. The third kappa shape index (κ3) is 5.77. The van der Waals surface area contributed by atoms with Gasteiger partial charge in [0.1, 0.15) is 12.7 Å². The highest BCUT2D eigenvalue weighted by Crippen LogP contribution is 2.03. The van der Waals surface area contributed by atoms with Crippen molar-refractivity contribution in [2.24, 2.45) is 5.16 Å². The van der Waals surface area contributed by atoms with E-state index < -0.39 is 6.10 Å². The Morgan fingerprint density at radius 1 is 0.905 bits per heavy atom. The SMILES string of the molecule is OC[C@H](/C=N/OCc1ccccc1)OCc1ccccc1. The monoisotopic (exact) mass is 285 g/mol. The second-order valence-electron chi connectivity index (χ2n) is 4.53. The number of aliphatic hydroxyl groups excluding tert-OH is 1. The van der Waals surface area contributed by atoms with E-state index in [9.17, 15) is 5.11 Å². The van der Waals surface area contributed by atoms with Crippen molar-refractivity contribution in [3.63, 3.8) is 0 Å². The van der Waals surface area contributed by atoms with Crippen molar-refractivity contribution in [2.75, 3.05) is 6.61 Å². The van der Waals surface area contributed by atoms with Gasteiger partial charge in [0.05, 0.1) is 19.4 Å². The first-order valence-corrected chi connectivity index (χ1v) is 6.84. The molecule has 0 spiro atoms. The molecule has 0 fully saturated rings. The predicted octanol–water partition coefficient (Wildman–Crippen LogP) is 2.77. The van der Waals surface area contributed by atoms with E-state index in [0.717, 1.165) is 11.1 Å². The number of hydrogen-bond acceptors (Lipinski definition) is 4. The van der Waals surface area contributed by atoms with Crippen molar-refractivity contribution in [2.45, 2.75) is 19.3 Å². The predicted molar refractivity (Wildman–Crippen MR) is 81.8 cm³/mol. The molecule has 0 amide bonds. The molecular weight excluding hydrogens is 266 g/mol. The summed E-state index contributed by atoms with van der Waals surface area (Å²) in [6.45, 7) is 0.690. The number of rotatable bonds is 8. The van der Waals surface area contributed by atoms with Crippen LogP contribution in [0.4, 0.5) is 0 Å². The summed E-state index contributed by atoms with van der Waals surface area (Å²) in [6.07, 6.45) is 1.01. The smallest absolute Gasteiger partial charge is 0.142 e. The van der Waals surface area contributed by atoms with Gasteiger partial charge in [-0.3, -0.25) is 0 Å². The average Bonchev–Trinajstić information content (AvgIpc) is 2.56. The Hall–Kier alpha value is -2.17. The Balaban J connectivity index is 1.72. The Morgan fingerprint density at radius 2 is 1.48 bits per heavy atom. The Morgan fingerprint density at radius 3 is 2.05 bits per heavy atom. The standard InChI is InChI=1S/C17H19NO3/c19-12-17(20-13-15-7-3-1-4-8-15)11-18-21-14-16-9-5-2-6-10-16/h1-11,17,19H,12-14H2/b18-11+/t17-/m0/s1. The van der Waals surface area contributed by atoms with Crippen LogP contribution in [0.2, 0.25) is 0 Å². The molecule has 0 aliphatic rings. The maximum absolute atomic E-state index is 9.25. The van der Waals surface area contributed by atoms with E-state index in [0.29, 0.717) is 13.2 Å². The molecular formula is C17H19NO3. The summed E-state index contributed by atoms with van der Waals surface area (Å²) in [5.74, 6) is 0. The van der Waals surface area contributed by atoms with Gasteiger partial charge in [0, 0.05) is 0 Å². The molecule has 0 aliphatic heterocycles. The highest BCUT2D eigenvalue weighted by Gasteiger charge is 2.04. The van der Waals surface area contributed by atoms with Gasteiger partial charge in [-0.05, 0) is 11.1 Å². The molecule has 0 unspecified atom stereocenters. The van der Waals surface area contributed by atoms with Crippen molar-refractivity contribution in [3.8, 4) is 0 Å². The zero-order chi connectivity index (χ0) is 14.8. The lowest BCUT2D eigenvalue weighted by molar-refractivity contribution is 0.0424. The van der Waals surface area contributed by atoms with Crippen LogP contribution in [-0.2, 0) is 22.8 Å². The third-order valence-corrected chi connectivity index (χ3v) is 2.86. The minimum atomic E-state index is -0.471. The lowest BCUT2D eigenvalue weighted by Crippen LogP contribution is -2.19. The minimum Gasteiger partial charge on any atom is -0.393 e. The normalized spacial score (nSPS) is 12.4. The fourth-order valence-corrected chi connectivity index (χ4v) is 1.72. The van der Waals surface area contributed by atoms with Crippen molar-refractivity contribution < 1.29 is 14.7 Å². The summed E-state index contributed by atoms with van der Waals surface area (Å²) in [5.41, 5.74) is 2.09. The van der Waals surface area contributed by atoms with Gasteiger partial charge >= 0.3 is 0 Å². The van der Waals surface area contributed by atoms with E-state index in [1.165, 1.54) is 6.21 Å². The zero-order valence-corrected chi connectivity index (χ0v) is 11.8. The van der Waals surface area contributed by atoms with Crippen LogP contribution >= 0.6 is 0 Å². The van der Waals surface area contributed by atoms with Crippen molar-refractivity contribution in [1.29, 1.82) is 0 Å². The number of nitrogens with zero attached hydrogens (tertiary/aromatic N) is 1. The van der Waals surface area contributed by atoms with Gasteiger partial charge in [0.15, 0.2) is 0 Å². The third-order valence-electron chi connectivity index (χ3n) is 2.86. The first kappa shape index (κ1) is 15.2. The molecule has 2 aromatic carbocycles. The quantitative estimate of drug-likeness (QED) is 0.599. The van der Waals surface area contributed by atoms with Gasteiger partial charge in [0.2, 0.25) is 0 Å². The molecule has 0 aliphatic carbocycles. The number of ether oxygens (including phenoxy) is 1. The fraction of sp³-hybridized carbons (Fsp3) is 0.235. The second-order valence-corrected chi connectivity index (χ2v) is 4.53. The zero-order valence-electron chi connectivity index (χ0n) is 11.8. The summed E-state index contributed by atoms with van der Waals surface area (Å²) in [5, 5.41) is 13.1. The van der Waals surface area contributed by atoms with E-state index in [-0.39, 0.29) is 6.61 Å². The van der Waals surface area contributed by atoms with Gasteiger partial charge in [-0.1, -0.05) is 65.8 Å². The molecule has 2 aromatic rings. The highest BCUT2D eigenvalue weighted by atomic mass is 16.6. The van der Waals surface area contributed by atoms with Gasteiger partial charge in [0.25, 0.3) is 0 Å². The minimum absolute atomic E-state index is 0.134. The van der Waals surface area contributed by atoms with Gasteiger partial charge < -0.3 is 14.7 Å². The number of benzene rings is 2. The van der Waals surface area contributed by atoms with E-state index in [4.69, 9.17) is 9.57 Å². The lowest BCUT2D eigenvalue weighted by atomic mass is 10.2. The van der Waals surface area contributed by atoms with Crippen molar-refractivity contribution in [3.05, 3.63) is 71.8 Å². The van der Waals surface area contributed by atoms with Crippen LogP contribution in [0.1, 0.15) is 11.1 Å². The molecule has 0 bridgehead atoms. The molecule has 4 heteroatoms. The van der Waals surface area contributed by atoms with E-state index >= 15 is 0 Å². The molecule has 110 valence electrons. The lowest BCUT2D eigenvalue weighted by Gasteiger charge is -2.10. The molecule has 0 heterocycles. The van der Waals surface area contributed by atoms with E-state index in [1.54, 1.807) is 0 Å². The second kappa shape index (κ2) is 8.89. The van der Waals surface area contributed by atoms with Crippen molar-refractivity contribution >= 4 is 6.21 Å². The molecule has 1 atom stereocenters. The molecule has 0 saturated carbocycles. The first-order valence-electron chi connectivity index (χ1n) is 6.84. The van der Waals surface area contributed by atoms with Gasteiger partial charge in [-0.2, -0.15) is 0 Å². The number of oxime groups is 1. The Kier molecular flexibility index (Phi) is 6.45. The van der Waals surface area contributed by atoms with Crippen LogP contribution in [0.5, 0.6) is 0 Å². The summed E-state index contributed by atoms with van der Waals surface area (Å²) >= 11 is 0.